The van der Waals surface area contributed by atoms with Gasteiger partial charge in [-0.05, 0) is 54.8 Å². The first-order valence-corrected chi connectivity index (χ1v) is 15.0. The van der Waals surface area contributed by atoms with Gasteiger partial charge in [0.25, 0.3) is 5.91 Å². The van der Waals surface area contributed by atoms with Gasteiger partial charge in [-0.1, -0.05) is 54.1 Å². The van der Waals surface area contributed by atoms with Crippen LogP contribution in [-0.4, -0.2) is 85.2 Å². The quantitative estimate of drug-likeness (QED) is 0.278. The molecular formula is C33H37ClN4O7. The van der Waals surface area contributed by atoms with Gasteiger partial charge in [0.2, 0.25) is 17.7 Å². The van der Waals surface area contributed by atoms with Crippen molar-refractivity contribution in [3.63, 3.8) is 0 Å². The summed E-state index contributed by atoms with van der Waals surface area (Å²) in [7, 11) is 1.59. The van der Waals surface area contributed by atoms with Gasteiger partial charge in [0, 0.05) is 18.5 Å². The van der Waals surface area contributed by atoms with Crippen molar-refractivity contribution in [3.05, 3.63) is 95.0 Å². The summed E-state index contributed by atoms with van der Waals surface area (Å²) in [6, 6.07) is 20.1. The Bertz CT molecular complexity index is 1450. The third-order valence-corrected chi connectivity index (χ3v) is 7.61. The lowest BCUT2D eigenvalue weighted by Gasteiger charge is -2.31. The van der Waals surface area contributed by atoms with E-state index in [1.807, 2.05) is 30.3 Å². The van der Waals surface area contributed by atoms with Crippen molar-refractivity contribution in [1.29, 1.82) is 0 Å². The minimum absolute atomic E-state index is 0.0189. The molecule has 45 heavy (non-hydrogen) atoms. The van der Waals surface area contributed by atoms with Crippen LogP contribution in [0.25, 0.3) is 0 Å². The van der Waals surface area contributed by atoms with Crippen LogP contribution in [0.4, 0.5) is 0 Å². The Hall–Kier alpha value is -4.61. The highest BCUT2D eigenvalue weighted by Crippen LogP contribution is 2.21. The molecule has 4 N–H and O–H groups in total. The lowest BCUT2D eigenvalue weighted by molar-refractivity contribution is -0.138. The molecule has 0 fully saturated rings. The van der Waals surface area contributed by atoms with Gasteiger partial charge in [-0.2, -0.15) is 0 Å². The number of aliphatic hydroxyl groups excluding tert-OH is 1. The maximum Gasteiger partial charge on any atom is 0.255 e. The molecule has 1 aliphatic heterocycles. The Labute approximate surface area is 266 Å². The molecule has 0 saturated heterocycles. The number of likely N-dealkylation sites (N-methyl/N-ethyl adjacent to an activating group) is 1. The Kier molecular flexibility index (Phi) is 12.2. The molecule has 11 nitrogen and oxygen atoms in total. The summed E-state index contributed by atoms with van der Waals surface area (Å²) in [5.74, 6) is -1.28. The molecular weight excluding hydrogens is 600 g/mol. The van der Waals surface area contributed by atoms with Crippen molar-refractivity contribution in [2.75, 3.05) is 33.4 Å². The second kappa shape index (κ2) is 16.5. The molecule has 4 amide bonds. The molecule has 0 aromatic heterocycles. The Morgan fingerprint density at radius 3 is 2.47 bits per heavy atom. The van der Waals surface area contributed by atoms with Gasteiger partial charge in [0.1, 0.15) is 36.8 Å². The number of rotatable bonds is 8. The van der Waals surface area contributed by atoms with E-state index in [0.717, 1.165) is 5.56 Å². The fourth-order valence-electron chi connectivity index (χ4n) is 4.81. The average Bonchev–Trinajstić information content (AvgIpc) is 3.06. The first-order chi connectivity index (χ1) is 21.7. The van der Waals surface area contributed by atoms with Gasteiger partial charge in [0.05, 0.1) is 24.8 Å². The minimum atomic E-state index is -1.20. The summed E-state index contributed by atoms with van der Waals surface area (Å²) >= 11 is 5.90. The van der Waals surface area contributed by atoms with Crippen molar-refractivity contribution in [1.82, 2.24) is 20.9 Å². The summed E-state index contributed by atoms with van der Waals surface area (Å²) in [4.78, 5) is 54.4. The van der Waals surface area contributed by atoms with E-state index in [1.165, 1.54) is 4.90 Å². The predicted octanol–water partition coefficient (Wildman–Crippen LogP) is 2.35. The third kappa shape index (κ3) is 9.69. The Balaban J connectivity index is 1.53. The lowest BCUT2D eigenvalue weighted by atomic mass is 10.0. The van der Waals surface area contributed by atoms with Crippen LogP contribution in [0.15, 0.2) is 78.9 Å². The van der Waals surface area contributed by atoms with Crippen molar-refractivity contribution in [2.24, 2.45) is 0 Å². The summed E-state index contributed by atoms with van der Waals surface area (Å²) in [6.07, 6.45) is 0.162. The molecule has 1 aliphatic rings. The number of ether oxygens (including phenoxy) is 2. The molecule has 0 aliphatic carbocycles. The molecule has 4 rings (SSSR count). The molecule has 0 radical (unpaired) electrons. The van der Waals surface area contributed by atoms with Gasteiger partial charge >= 0.3 is 0 Å². The van der Waals surface area contributed by atoms with E-state index in [9.17, 15) is 24.3 Å². The number of nitrogens with zero attached hydrogens (tertiary/aromatic N) is 1. The number of amides is 4. The van der Waals surface area contributed by atoms with E-state index in [4.69, 9.17) is 21.1 Å². The number of nitrogens with one attached hydrogen (secondary N) is 3. The number of carbonyl (C=O) groups is 4. The zero-order valence-electron chi connectivity index (χ0n) is 24.9. The number of hydrogen-bond acceptors (Lipinski definition) is 7. The van der Waals surface area contributed by atoms with Crippen LogP contribution in [-0.2, 0) is 20.8 Å². The zero-order chi connectivity index (χ0) is 32.2. The molecule has 3 aromatic carbocycles. The molecule has 0 saturated carbocycles. The fraction of sp³-hybridized carbons (Fsp3) is 0.333. The van der Waals surface area contributed by atoms with Gasteiger partial charge in [-0.15, -0.1) is 0 Å². The van der Waals surface area contributed by atoms with E-state index in [1.54, 1.807) is 55.6 Å². The number of fused-ring (bicyclic) bond motifs is 1. The molecule has 0 unspecified atom stereocenters. The zero-order valence-corrected chi connectivity index (χ0v) is 25.7. The molecule has 0 bridgehead atoms. The standard InChI is InChI=1S/C33H37ClN4O7/c1-38-24(19-22-7-3-2-4-8-22)21-45-29-10-6-5-9-26(29)31(41)37-27(15-16-30(40)36-28(20-39)33(38)43)32(42)35-17-18-44-25-13-11-23(34)12-14-25/h2-14,24,27-28,39H,15-21H2,1H3,(H,35,42)(H,36,40)(H,37,41)/t24-,27+,28+/m1/s1. The summed E-state index contributed by atoms with van der Waals surface area (Å²) in [6.45, 7) is -0.310. The van der Waals surface area contributed by atoms with Crippen LogP contribution in [0.5, 0.6) is 11.5 Å². The van der Waals surface area contributed by atoms with Crippen LogP contribution in [0, 0.1) is 0 Å². The van der Waals surface area contributed by atoms with E-state index < -0.39 is 48.4 Å². The summed E-state index contributed by atoms with van der Waals surface area (Å²) in [5.41, 5.74) is 1.15. The number of halogens is 1. The van der Waals surface area contributed by atoms with Crippen LogP contribution >= 0.6 is 11.6 Å². The van der Waals surface area contributed by atoms with Gasteiger partial charge in [-0.25, -0.2) is 0 Å². The van der Waals surface area contributed by atoms with E-state index in [-0.39, 0.29) is 43.9 Å². The molecule has 3 atom stereocenters. The normalized spacial score (nSPS) is 19.6. The first kappa shape index (κ1) is 33.3. The molecule has 238 valence electrons. The third-order valence-electron chi connectivity index (χ3n) is 7.35. The average molecular weight is 637 g/mol. The predicted molar refractivity (Wildman–Crippen MR) is 168 cm³/mol. The van der Waals surface area contributed by atoms with Gasteiger partial charge in [-0.3, -0.25) is 19.2 Å². The second-order valence-electron chi connectivity index (χ2n) is 10.6. The van der Waals surface area contributed by atoms with E-state index in [0.29, 0.717) is 17.2 Å². The van der Waals surface area contributed by atoms with Crippen LogP contribution in [0.2, 0.25) is 5.02 Å². The van der Waals surface area contributed by atoms with Crippen molar-refractivity contribution >= 4 is 35.2 Å². The summed E-state index contributed by atoms with van der Waals surface area (Å²) < 4.78 is 11.7. The molecule has 0 spiro atoms. The lowest BCUT2D eigenvalue weighted by Crippen LogP contribution is -2.54. The first-order valence-electron chi connectivity index (χ1n) is 14.6. The highest BCUT2D eigenvalue weighted by molar-refractivity contribution is 6.30. The maximum atomic E-state index is 13.5. The minimum Gasteiger partial charge on any atom is -0.492 e. The van der Waals surface area contributed by atoms with Gasteiger partial charge < -0.3 is 35.4 Å². The maximum absolute atomic E-state index is 13.5. The second-order valence-corrected chi connectivity index (χ2v) is 11.0. The van der Waals surface area contributed by atoms with Crippen molar-refractivity contribution in [3.8, 4) is 11.5 Å². The van der Waals surface area contributed by atoms with Crippen molar-refractivity contribution < 1.29 is 33.8 Å². The Morgan fingerprint density at radius 1 is 1.02 bits per heavy atom. The van der Waals surface area contributed by atoms with E-state index >= 15 is 0 Å². The fourth-order valence-corrected chi connectivity index (χ4v) is 4.94. The van der Waals surface area contributed by atoms with Crippen LogP contribution in [0.3, 0.4) is 0 Å². The highest BCUT2D eigenvalue weighted by atomic mass is 35.5. The van der Waals surface area contributed by atoms with Gasteiger partial charge in [0.15, 0.2) is 0 Å². The monoisotopic (exact) mass is 636 g/mol. The number of carbonyl (C=O) groups excluding carboxylic acids is 4. The molecule has 12 heteroatoms. The topological polar surface area (TPSA) is 146 Å². The number of benzene rings is 3. The molecule has 3 aromatic rings. The largest absolute Gasteiger partial charge is 0.492 e. The highest BCUT2D eigenvalue weighted by Gasteiger charge is 2.30. The number of hydrogen-bond donors (Lipinski definition) is 4. The van der Waals surface area contributed by atoms with E-state index in [2.05, 4.69) is 16.0 Å². The van der Waals surface area contributed by atoms with Crippen LogP contribution in [0.1, 0.15) is 28.8 Å². The van der Waals surface area contributed by atoms with Crippen LogP contribution < -0.4 is 25.4 Å². The Morgan fingerprint density at radius 2 is 1.73 bits per heavy atom. The van der Waals surface area contributed by atoms with Crippen molar-refractivity contribution in [2.45, 2.75) is 37.4 Å². The molecule has 1 heterocycles. The summed E-state index contributed by atoms with van der Waals surface area (Å²) in [5, 5.41) is 18.6. The smallest absolute Gasteiger partial charge is 0.255 e. The SMILES string of the molecule is CN1C(=O)[C@H](CO)NC(=O)CC[C@@H](C(=O)NCCOc2ccc(Cl)cc2)NC(=O)c2ccccc2OC[C@H]1Cc1ccccc1. The number of aliphatic hydroxyl groups is 1. The number of para-hydroxylation sites is 1.